The molecule has 2 aromatic heterocycles. The summed E-state index contributed by atoms with van der Waals surface area (Å²) in [5.74, 6) is -0.823. The minimum Gasteiger partial charge on any atom is -0.343 e. The third-order valence-corrected chi connectivity index (χ3v) is 7.45. The number of unbranched alkanes of at least 4 members (excludes halogenated alkanes) is 2. The van der Waals surface area contributed by atoms with Crippen LogP contribution < -0.4 is 9.88 Å². The van der Waals surface area contributed by atoms with Gasteiger partial charge in [-0.15, -0.1) is 0 Å². The Morgan fingerprint density at radius 3 is 2.50 bits per heavy atom. The molecule has 0 saturated heterocycles. The van der Waals surface area contributed by atoms with E-state index in [0.29, 0.717) is 37.0 Å². The molecule has 0 radical (unpaired) electrons. The zero-order valence-corrected chi connectivity index (χ0v) is 23.3. The number of imidazole rings is 2. The number of ketones is 1. The van der Waals surface area contributed by atoms with Crippen molar-refractivity contribution < 1.29 is 27.3 Å². The van der Waals surface area contributed by atoms with Gasteiger partial charge in [0, 0.05) is 18.4 Å². The number of carbonyl (C=O) groups is 2. The van der Waals surface area contributed by atoms with Crippen LogP contribution in [0.15, 0.2) is 72.9 Å². The standard InChI is InChI=1S/C32H32F3N5O2/c1-2-24(41)12-4-3-5-14-26(30-36-19-27(38-30)23-17-16-21-10-6-7-11-22(21)18-23)37-29(42)20-40-28-15-9-8-13-25(28)39-31(40)32(33,34)35/h6-11,13,15-19,26H,2-5,12,14,20H2,1H3,(H2,36,37,38,42)/p+1/t26-/m0/s1. The number of alkyl halides is 3. The van der Waals surface area contributed by atoms with Crippen LogP contribution in [0.2, 0.25) is 0 Å². The molecule has 1 atom stereocenters. The zero-order valence-electron chi connectivity index (χ0n) is 23.3. The Kier molecular flexibility index (Phi) is 8.70. The fraction of sp³-hybridized carbons (Fsp3) is 0.312. The highest BCUT2D eigenvalue weighted by Crippen LogP contribution is 2.28. The minimum absolute atomic E-state index is 0.210. The molecule has 42 heavy (non-hydrogen) atoms. The lowest BCUT2D eigenvalue weighted by molar-refractivity contribution is -0.678. The van der Waals surface area contributed by atoms with E-state index in [0.717, 1.165) is 39.4 Å². The van der Waals surface area contributed by atoms with E-state index >= 15 is 0 Å². The number of Topliss-reactive ketones (excluding diaryl/α,β-unsaturated/α-hetero) is 1. The molecule has 0 spiro atoms. The summed E-state index contributed by atoms with van der Waals surface area (Å²) in [5, 5.41) is 5.11. The number of amides is 1. The van der Waals surface area contributed by atoms with Gasteiger partial charge >= 0.3 is 12.0 Å². The highest BCUT2D eigenvalue weighted by atomic mass is 19.4. The molecule has 5 rings (SSSR count). The Bertz CT molecular complexity index is 1710. The van der Waals surface area contributed by atoms with Crippen molar-refractivity contribution in [2.45, 2.75) is 64.2 Å². The second-order valence-electron chi connectivity index (χ2n) is 10.4. The van der Waals surface area contributed by atoms with Crippen molar-refractivity contribution in [1.82, 2.24) is 20.3 Å². The predicted molar refractivity (Wildman–Crippen MR) is 154 cm³/mol. The van der Waals surface area contributed by atoms with Crippen molar-refractivity contribution >= 4 is 33.5 Å². The summed E-state index contributed by atoms with van der Waals surface area (Å²) < 4.78 is 42.4. The lowest BCUT2D eigenvalue weighted by atomic mass is 10.0. The van der Waals surface area contributed by atoms with Gasteiger partial charge in [0.15, 0.2) is 17.6 Å². The average Bonchev–Trinajstić information content (AvgIpc) is 3.62. The van der Waals surface area contributed by atoms with Crippen molar-refractivity contribution in [3.63, 3.8) is 0 Å². The first kappa shape index (κ1) is 29.0. The monoisotopic (exact) mass is 576 g/mol. The van der Waals surface area contributed by atoms with Gasteiger partial charge in [-0.1, -0.05) is 68.3 Å². The Labute approximate surface area is 241 Å². The van der Waals surface area contributed by atoms with Gasteiger partial charge in [0.1, 0.15) is 11.6 Å². The first-order valence-electron chi connectivity index (χ1n) is 14.2. The van der Waals surface area contributed by atoms with Crippen LogP contribution in [0.25, 0.3) is 33.1 Å². The van der Waals surface area contributed by atoms with Gasteiger partial charge in [0.05, 0.1) is 17.9 Å². The maximum Gasteiger partial charge on any atom is 0.494 e. The fourth-order valence-corrected chi connectivity index (χ4v) is 5.22. The van der Waals surface area contributed by atoms with E-state index < -0.39 is 30.5 Å². The number of hydrogen-bond donors (Lipinski definition) is 3. The lowest BCUT2D eigenvalue weighted by Gasteiger charge is -2.17. The summed E-state index contributed by atoms with van der Waals surface area (Å²) in [6.45, 7) is 1.33. The molecule has 5 aromatic rings. The van der Waals surface area contributed by atoms with Gasteiger partial charge in [0.25, 0.3) is 5.91 Å². The van der Waals surface area contributed by atoms with Gasteiger partial charge < -0.3 is 10.3 Å². The molecule has 0 aliphatic carbocycles. The zero-order chi connectivity index (χ0) is 29.7. The summed E-state index contributed by atoms with van der Waals surface area (Å²) in [6.07, 6.45) is 0.814. The van der Waals surface area contributed by atoms with Crippen LogP contribution in [-0.2, 0) is 22.3 Å². The summed E-state index contributed by atoms with van der Waals surface area (Å²) in [7, 11) is 0. The number of aromatic amines is 2. The molecule has 2 heterocycles. The number of rotatable bonds is 12. The maximum absolute atomic E-state index is 13.8. The molecule has 218 valence electrons. The van der Waals surface area contributed by atoms with Crippen molar-refractivity contribution in [3.05, 3.63) is 84.6 Å². The van der Waals surface area contributed by atoms with Crippen molar-refractivity contribution in [2.75, 3.05) is 0 Å². The third-order valence-electron chi connectivity index (χ3n) is 7.45. The number of nitrogens with one attached hydrogen (secondary N) is 3. The molecule has 0 saturated carbocycles. The van der Waals surface area contributed by atoms with E-state index in [2.05, 4.69) is 26.3 Å². The molecule has 10 heteroatoms. The highest BCUT2D eigenvalue weighted by Gasteiger charge is 2.44. The molecular formula is C32H33F3N5O2+. The van der Waals surface area contributed by atoms with E-state index in [1.807, 2.05) is 43.3 Å². The van der Waals surface area contributed by atoms with E-state index in [-0.39, 0.29) is 11.3 Å². The van der Waals surface area contributed by atoms with Gasteiger partial charge in [-0.25, -0.2) is 14.5 Å². The van der Waals surface area contributed by atoms with Crippen LogP contribution in [0.3, 0.4) is 0 Å². The molecule has 0 aliphatic rings. The number of benzene rings is 3. The van der Waals surface area contributed by atoms with Crippen LogP contribution in [0.4, 0.5) is 13.2 Å². The molecule has 1 amide bonds. The molecule has 7 nitrogen and oxygen atoms in total. The Morgan fingerprint density at radius 1 is 0.952 bits per heavy atom. The summed E-state index contributed by atoms with van der Waals surface area (Å²) in [5.41, 5.74) is 2.28. The van der Waals surface area contributed by atoms with Crippen molar-refractivity contribution in [3.8, 4) is 11.3 Å². The first-order valence-corrected chi connectivity index (χ1v) is 14.2. The van der Waals surface area contributed by atoms with E-state index in [1.165, 1.54) is 0 Å². The smallest absolute Gasteiger partial charge is 0.343 e. The molecule has 3 N–H and O–H groups in total. The Morgan fingerprint density at radius 2 is 1.71 bits per heavy atom. The number of carbonyl (C=O) groups excluding carboxylic acids is 2. The normalized spacial score (nSPS) is 12.6. The number of halogens is 3. The summed E-state index contributed by atoms with van der Waals surface area (Å²) >= 11 is 0. The maximum atomic E-state index is 13.8. The molecule has 0 fully saturated rings. The number of para-hydroxylation sites is 2. The predicted octanol–water partition coefficient (Wildman–Crippen LogP) is 6.80. The lowest BCUT2D eigenvalue weighted by Crippen LogP contribution is -2.48. The molecule has 3 aromatic carbocycles. The number of H-pyrrole nitrogens is 2. The van der Waals surface area contributed by atoms with Gasteiger partial charge in [-0.3, -0.25) is 9.59 Å². The Hall–Kier alpha value is -4.47. The Balaban J connectivity index is 1.36. The van der Waals surface area contributed by atoms with Crippen LogP contribution in [0.5, 0.6) is 0 Å². The van der Waals surface area contributed by atoms with Crippen LogP contribution in [0, 0.1) is 0 Å². The van der Waals surface area contributed by atoms with Crippen molar-refractivity contribution in [2.24, 2.45) is 0 Å². The largest absolute Gasteiger partial charge is 0.494 e. The fourth-order valence-electron chi connectivity index (χ4n) is 5.22. The van der Waals surface area contributed by atoms with Gasteiger partial charge in [0.2, 0.25) is 0 Å². The van der Waals surface area contributed by atoms with Crippen LogP contribution in [0.1, 0.15) is 63.1 Å². The number of aromatic nitrogens is 4. The van der Waals surface area contributed by atoms with Gasteiger partial charge in [-0.05, 0) is 41.8 Å². The van der Waals surface area contributed by atoms with E-state index in [9.17, 15) is 22.8 Å². The number of fused-ring (bicyclic) bond motifs is 2. The molecule has 0 aliphatic heterocycles. The second-order valence-corrected chi connectivity index (χ2v) is 10.4. The van der Waals surface area contributed by atoms with Crippen LogP contribution in [-0.4, -0.2) is 26.6 Å². The molecule has 0 unspecified atom stereocenters. The van der Waals surface area contributed by atoms with Crippen molar-refractivity contribution in [1.29, 1.82) is 0 Å². The summed E-state index contributed by atoms with van der Waals surface area (Å²) in [6, 6.07) is 19.9. The topological polar surface area (TPSA) is 94.5 Å². The first-order chi connectivity index (χ1) is 20.2. The molecular weight excluding hydrogens is 543 g/mol. The minimum atomic E-state index is -4.66. The van der Waals surface area contributed by atoms with Crippen LogP contribution >= 0.6 is 0 Å². The molecule has 0 bridgehead atoms. The summed E-state index contributed by atoms with van der Waals surface area (Å²) in [4.78, 5) is 35.2. The second kappa shape index (κ2) is 12.6. The third kappa shape index (κ3) is 6.70. The SMILES string of the molecule is CCC(=O)CCCCC[C@H](NC(=O)C[n+]1c(C(F)(F)F)[nH]c2ccccc21)c1ncc(-c2ccc3ccccc3c2)[nH]1. The van der Waals surface area contributed by atoms with E-state index in [1.54, 1.807) is 30.5 Å². The van der Waals surface area contributed by atoms with E-state index in [4.69, 9.17) is 0 Å². The number of hydrogen-bond acceptors (Lipinski definition) is 3. The quantitative estimate of drug-likeness (QED) is 0.113. The van der Waals surface area contributed by atoms with Gasteiger partial charge in [-0.2, -0.15) is 13.2 Å². The number of nitrogens with zero attached hydrogens (tertiary/aromatic N) is 2. The average molecular weight is 577 g/mol. The highest BCUT2D eigenvalue weighted by molar-refractivity contribution is 5.86.